The summed E-state index contributed by atoms with van der Waals surface area (Å²) in [6, 6.07) is 11.1. The molecule has 0 bridgehead atoms. The molecule has 154 valence electrons. The lowest BCUT2D eigenvalue weighted by atomic mass is 10.2. The van der Waals surface area contributed by atoms with Crippen molar-refractivity contribution in [2.45, 2.75) is 4.90 Å². The second-order valence-electron chi connectivity index (χ2n) is 6.14. The molecule has 7 nitrogen and oxygen atoms in total. The quantitative estimate of drug-likeness (QED) is 0.392. The van der Waals surface area contributed by atoms with Crippen molar-refractivity contribution >= 4 is 33.7 Å². The van der Waals surface area contributed by atoms with Crippen molar-refractivity contribution in [2.24, 2.45) is 0 Å². The number of ether oxygens (including phenoxy) is 3. The van der Waals surface area contributed by atoms with Gasteiger partial charge in [-0.05, 0) is 48.0 Å². The molecule has 0 saturated carbocycles. The highest BCUT2D eigenvalue weighted by Crippen LogP contribution is 2.29. The third kappa shape index (κ3) is 5.36. The Morgan fingerprint density at radius 2 is 1.83 bits per heavy atom. The van der Waals surface area contributed by atoms with E-state index in [2.05, 4.69) is 0 Å². The number of halogens is 1. The summed E-state index contributed by atoms with van der Waals surface area (Å²) in [4.78, 5) is 12.1. The van der Waals surface area contributed by atoms with Crippen LogP contribution in [0.15, 0.2) is 53.4 Å². The SMILES string of the molecule is COc1ccc(/C=C/C(=O)Oc2ccc(Cl)cc2)cc1S(=O)(=O)N1CCOCC1. The monoisotopic (exact) mass is 437 g/mol. The molecule has 29 heavy (non-hydrogen) atoms. The molecule has 0 atom stereocenters. The minimum Gasteiger partial charge on any atom is -0.495 e. The van der Waals surface area contributed by atoms with E-state index < -0.39 is 16.0 Å². The molecule has 0 spiro atoms. The molecule has 1 heterocycles. The number of nitrogens with zero attached hydrogens (tertiary/aromatic N) is 1. The molecule has 0 N–H and O–H groups in total. The van der Waals surface area contributed by atoms with Crippen molar-refractivity contribution < 1.29 is 27.4 Å². The largest absolute Gasteiger partial charge is 0.495 e. The highest BCUT2D eigenvalue weighted by Gasteiger charge is 2.29. The lowest BCUT2D eigenvalue weighted by Crippen LogP contribution is -2.40. The summed E-state index contributed by atoms with van der Waals surface area (Å²) in [5.74, 6) is -0.00697. The van der Waals surface area contributed by atoms with Crippen molar-refractivity contribution in [2.75, 3.05) is 33.4 Å². The maximum absolute atomic E-state index is 13.0. The molecule has 1 aliphatic heterocycles. The fourth-order valence-electron chi connectivity index (χ4n) is 2.74. The zero-order chi connectivity index (χ0) is 20.9. The van der Waals surface area contributed by atoms with Crippen molar-refractivity contribution in [1.82, 2.24) is 4.31 Å². The average Bonchev–Trinajstić information content (AvgIpc) is 2.74. The van der Waals surface area contributed by atoms with Gasteiger partial charge in [0, 0.05) is 24.2 Å². The Hall–Kier alpha value is -2.39. The Morgan fingerprint density at radius 1 is 1.14 bits per heavy atom. The second-order valence-corrected chi connectivity index (χ2v) is 8.48. The summed E-state index contributed by atoms with van der Waals surface area (Å²) in [7, 11) is -2.34. The Balaban J connectivity index is 1.79. The van der Waals surface area contributed by atoms with Gasteiger partial charge in [-0.15, -0.1) is 0 Å². The van der Waals surface area contributed by atoms with Crippen LogP contribution >= 0.6 is 11.6 Å². The first kappa shape index (κ1) is 21.3. The van der Waals surface area contributed by atoms with E-state index in [1.165, 1.54) is 29.6 Å². The van der Waals surface area contributed by atoms with E-state index in [9.17, 15) is 13.2 Å². The molecule has 0 unspecified atom stereocenters. The molecule has 0 aromatic heterocycles. The maximum Gasteiger partial charge on any atom is 0.336 e. The van der Waals surface area contributed by atoms with Gasteiger partial charge in [-0.3, -0.25) is 0 Å². The van der Waals surface area contributed by atoms with E-state index in [-0.39, 0.29) is 23.7 Å². The molecule has 9 heteroatoms. The molecular weight excluding hydrogens is 418 g/mol. The van der Waals surface area contributed by atoms with Gasteiger partial charge < -0.3 is 14.2 Å². The Labute approximate surface area is 174 Å². The predicted octanol–water partition coefficient (Wildman–Crippen LogP) is 2.99. The highest BCUT2D eigenvalue weighted by molar-refractivity contribution is 7.89. The van der Waals surface area contributed by atoms with Crippen LogP contribution in [-0.4, -0.2) is 52.1 Å². The normalized spacial score (nSPS) is 15.4. The van der Waals surface area contributed by atoms with E-state index in [1.807, 2.05) is 0 Å². The van der Waals surface area contributed by atoms with Crippen LogP contribution in [0.1, 0.15) is 5.56 Å². The lowest BCUT2D eigenvalue weighted by Gasteiger charge is -2.26. The van der Waals surface area contributed by atoms with Crippen LogP contribution in [0, 0.1) is 0 Å². The molecule has 2 aromatic rings. The summed E-state index contributed by atoms with van der Waals surface area (Å²) in [6.07, 6.45) is 2.71. The van der Waals surface area contributed by atoms with Gasteiger partial charge >= 0.3 is 5.97 Å². The molecule has 3 rings (SSSR count). The molecule has 2 aromatic carbocycles. The Kier molecular flexibility index (Phi) is 6.92. The van der Waals surface area contributed by atoms with E-state index in [0.717, 1.165) is 0 Å². The third-order valence-electron chi connectivity index (χ3n) is 4.22. The van der Waals surface area contributed by atoms with E-state index in [0.29, 0.717) is 29.5 Å². The summed E-state index contributed by atoms with van der Waals surface area (Å²) in [5.41, 5.74) is 0.519. The first-order valence-electron chi connectivity index (χ1n) is 8.81. The van der Waals surface area contributed by atoms with Crippen LogP contribution < -0.4 is 9.47 Å². The van der Waals surface area contributed by atoms with Gasteiger partial charge in [0.05, 0.1) is 20.3 Å². The number of morpholine rings is 1. The molecule has 0 radical (unpaired) electrons. The number of benzene rings is 2. The van der Waals surface area contributed by atoms with Crippen molar-refractivity contribution in [3.05, 3.63) is 59.1 Å². The van der Waals surface area contributed by atoms with Crippen molar-refractivity contribution in [1.29, 1.82) is 0 Å². The fourth-order valence-corrected chi connectivity index (χ4v) is 4.47. The number of carbonyl (C=O) groups is 1. The molecular formula is C20H20ClNO6S. The molecule has 1 fully saturated rings. The van der Waals surface area contributed by atoms with Gasteiger partial charge in [-0.25, -0.2) is 13.2 Å². The summed E-state index contributed by atoms with van der Waals surface area (Å²) in [5, 5.41) is 0.535. The number of carbonyl (C=O) groups excluding carboxylic acids is 1. The van der Waals surface area contributed by atoms with Gasteiger partial charge in [0.1, 0.15) is 16.4 Å². The maximum atomic E-state index is 13.0. The van der Waals surface area contributed by atoms with Crippen LogP contribution in [0.5, 0.6) is 11.5 Å². The first-order valence-corrected chi connectivity index (χ1v) is 10.6. The van der Waals surface area contributed by atoms with Crippen LogP contribution in [0.3, 0.4) is 0 Å². The third-order valence-corrected chi connectivity index (χ3v) is 6.39. The van der Waals surface area contributed by atoms with E-state index >= 15 is 0 Å². The van der Waals surface area contributed by atoms with Crippen LogP contribution in [0.25, 0.3) is 6.08 Å². The van der Waals surface area contributed by atoms with E-state index in [1.54, 1.807) is 36.4 Å². The van der Waals surface area contributed by atoms with E-state index in [4.69, 9.17) is 25.8 Å². The number of rotatable bonds is 6. The average molecular weight is 438 g/mol. The Morgan fingerprint density at radius 3 is 2.48 bits per heavy atom. The lowest BCUT2D eigenvalue weighted by molar-refractivity contribution is -0.128. The first-order chi connectivity index (χ1) is 13.9. The van der Waals surface area contributed by atoms with Crippen LogP contribution in [-0.2, 0) is 19.6 Å². The van der Waals surface area contributed by atoms with Crippen molar-refractivity contribution in [3.8, 4) is 11.5 Å². The molecule has 1 aliphatic rings. The zero-order valence-corrected chi connectivity index (χ0v) is 17.3. The topological polar surface area (TPSA) is 82.1 Å². The predicted molar refractivity (Wildman–Crippen MR) is 109 cm³/mol. The number of sulfonamides is 1. The number of esters is 1. The summed E-state index contributed by atoms with van der Waals surface area (Å²) in [6.45, 7) is 1.24. The highest BCUT2D eigenvalue weighted by atomic mass is 35.5. The molecule has 0 amide bonds. The molecule has 0 aliphatic carbocycles. The number of hydrogen-bond acceptors (Lipinski definition) is 6. The number of methoxy groups -OCH3 is 1. The van der Waals surface area contributed by atoms with Gasteiger partial charge in [-0.1, -0.05) is 17.7 Å². The van der Waals surface area contributed by atoms with Crippen LogP contribution in [0.4, 0.5) is 0 Å². The standard InChI is InChI=1S/C20H20ClNO6S/c1-26-18-8-2-15(3-9-20(23)28-17-6-4-16(21)5-7-17)14-19(18)29(24,25)22-10-12-27-13-11-22/h2-9,14H,10-13H2,1H3/b9-3+. The van der Waals surface area contributed by atoms with Gasteiger partial charge in [0.25, 0.3) is 0 Å². The molecule has 1 saturated heterocycles. The minimum atomic E-state index is -3.75. The summed E-state index contributed by atoms with van der Waals surface area (Å²) >= 11 is 5.80. The fraction of sp³-hybridized carbons (Fsp3) is 0.250. The number of hydrogen-bond donors (Lipinski definition) is 0. The van der Waals surface area contributed by atoms with Gasteiger partial charge in [0.15, 0.2) is 0 Å². The van der Waals surface area contributed by atoms with Crippen molar-refractivity contribution in [3.63, 3.8) is 0 Å². The van der Waals surface area contributed by atoms with Gasteiger partial charge in [0.2, 0.25) is 10.0 Å². The van der Waals surface area contributed by atoms with Crippen LogP contribution in [0.2, 0.25) is 5.02 Å². The smallest absolute Gasteiger partial charge is 0.336 e. The summed E-state index contributed by atoms with van der Waals surface area (Å²) < 4.78 is 43.0. The minimum absolute atomic E-state index is 0.0371. The Bertz CT molecular complexity index is 998. The van der Waals surface area contributed by atoms with Gasteiger partial charge in [-0.2, -0.15) is 4.31 Å². The second kappa shape index (κ2) is 9.41. The zero-order valence-electron chi connectivity index (χ0n) is 15.7.